The predicted octanol–water partition coefficient (Wildman–Crippen LogP) is 3.45. The minimum Gasteiger partial charge on any atom is -0.439 e. The predicted molar refractivity (Wildman–Crippen MR) is 109 cm³/mol. The van der Waals surface area contributed by atoms with E-state index in [4.69, 9.17) is 9.47 Å². The molecule has 1 saturated heterocycles. The van der Waals surface area contributed by atoms with Gasteiger partial charge in [0.1, 0.15) is 5.75 Å². The molecule has 6 nitrogen and oxygen atoms in total. The van der Waals surface area contributed by atoms with E-state index in [-0.39, 0.29) is 11.9 Å². The van der Waals surface area contributed by atoms with Crippen molar-refractivity contribution >= 4 is 5.91 Å². The topological polar surface area (TPSA) is 63.7 Å². The second-order valence-corrected chi connectivity index (χ2v) is 7.50. The van der Waals surface area contributed by atoms with Crippen molar-refractivity contribution in [2.75, 3.05) is 32.8 Å². The summed E-state index contributed by atoms with van der Waals surface area (Å²) in [5.41, 5.74) is 1.79. The van der Waals surface area contributed by atoms with Crippen LogP contribution in [-0.2, 0) is 4.74 Å². The first-order chi connectivity index (χ1) is 13.5. The molecule has 0 spiro atoms. The fraction of sp³-hybridized carbons (Fsp3) is 0.455. The van der Waals surface area contributed by atoms with Crippen molar-refractivity contribution in [3.63, 3.8) is 0 Å². The Hall–Kier alpha value is -2.44. The zero-order chi connectivity index (χ0) is 19.9. The van der Waals surface area contributed by atoms with Gasteiger partial charge in [0, 0.05) is 37.9 Å². The van der Waals surface area contributed by atoms with Crippen molar-refractivity contribution in [1.82, 2.24) is 15.2 Å². The minimum atomic E-state index is -0.124. The molecule has 1 aliphatic rings. The van der Waals surface area contributed by atoms with Crippen molar-refractivity contribution in [1.29, 1.82) is 0 Å². The molecular formula is C22H29N3O3. The zero-order valence-corrected chi connectivity index (χ0v) is 16.9. The number of rotatable bonds is 7. The van der Waals surface area contributed by atoms with E-state index < -0.39 is 0 Å². The van der Waals surface area contributed by atoms with Crippen LogP contribution in [0.2, 0.25) is 0 Å². The Labute approximate surface area is 166 Å². The molecule has 1 unspecified atom stereocenters. The first kappa shape index (κ1) is 20.3. The smallest absolute Gasteiger partial charge is 0.253 e. The van der Waals surface area contributed by atoms with Crippen LogP contribution in [0.1, 0.15) is 42.6 Å². The third-order valence-electron chi connectivity index (χ3n) is 4.78. The number of hydrogen-bond acceptors (Lipinski definition) is 5. The third-order valence-corrected chi connectivity index (χ3v) is 4.78. The van der Waals surface area contributed by atoms with Gasteiger partial charge < -0.3 is 14.8 Å². The van der Waals surface area contributed by atoms with E-state index in [0.717, 1.165) is 38.6 Å². The van der Waals surface area contributed by atoms with Crippen molar-refractivity contribution in [2.24, 2.45) is 0 Å². The third kappa shape index (κ3) is 5.78. The summed E-state index contributed by atoms with van der Waals surface area (Å²) in [5, 5.41) is 3.03. The van der Waals surface area contributed by atoms with Crippen LogP contribution in [0.15, 0.2) is 42.6 Å². The largest absolute Gasteiger partial charge is 0.439 e. The van der Waals surface area contributed by atoms with Gasteiger partial charge in [0.15, 0.2) is 0 Å². The number of nitrogens with zero attached hydrogens (tertiary/aromatic N) is 2. The van der Waals surface area contributed by atoms with Gasteiger partial charge in [0.25, 0.3) is 5.91 Å². The van der Waals surface area contributed by atoms with Gasteiger partial charge in [-0.05, 0) is 36.6 Å². The van der Waals surface area contributed by atoms with Crippen LogP contribution in [0.25, 0.3) is 0 Å². The van der Waals surface area contributed by atoms with Crippen LogP contribution in [0.5, 0.6) is 11.6 Å². The maximum Gasteiger partial charge on any atom is 0.253 e. The highest BCUT2D eigenvalue weighted by Crippen LogP contribution is 2.22. The van der Waals surface area contributed by atoms with Gasteiger partial charge in [0.2, 0.25) is 5.88 Å². The summed E-state index contributed by atoms with van der Waals surface area (Å²) in [6.45, 7) is 10.5. The number of carbonyl (C=O) groups is 1. The fourth-order valence-electron chi connectivity index (χ4n) is 3.14. The molecule has 1 fully saturated rings. The molecule has 6 heteroatoms. The number of hydrogen-bond donors (Lipinski definition) is 1. The molecule has 0 radical (unpaired) electrons. The van der Waals surface area contributed by atoms with Crippen molar-refractivity contribution in [3.8, 4) is 11.6 Å². The van der Waals surface area contributed by atoms with Crippen LogP contribution < -0.4 is 10.1 Å². The number of nitrogens with one attached hydrogen (secondary N) is 1. The molecule has 1 N–H and O–H groups in total. The van der Waals surface area contributed by atoms with E-state index in [1.807, 2.05) is 19.1 Å². The second kappa shape index (κ2) is 9.66. The van der Waals surface area contributed by atoms with Crippen molar-refractivity contribution in [3.05, 3.63) is 53.7 Å². The Morgan fingerprint density at radius 2 is 1.86 bits per heavy atom. The lowest BCUT2D eigenvalue weighted by Crippen LogP contribution is -2.46. The summed E-state index contributed by atoms with van der Waals surface area (Å²) in [6, 6.07) is 11.5. The molecule has 2 aromatic rings. The van der Waals surface area contributed by atoms with Crippen LogP contribution in [0, 0.1) is 0 Å². The van der Waals surface area contributed by atoms with Gasteiger partial charge in [-0.1, -0.05) is 26.0 Å². The molecule has 150 valence electrons. The summed E-state index contributed by atoms with van der Waals surface area (Å²) in [7, 11) is 0. The molecule has 1 aliphatic heterocycles. The number of benzene rings is 1. The first-order valence-corrected chi connectivity index (χ1v) is 9.86. The molecular weight excluding hydrogens is 354 g/mol. The summed E-state index contributed by atoms with van der Waals surface area (Å²) >= 11 is 0. The molecule has 1 aromatic carbocycles. The molecule has 0 bridgehead atoms. The maximum atomic E-state index is 12.4. The summed E-state index contributed by atoms with van der Waals surface area (Å²) in [6.07, 6.45) is 1.55. The fourth-order valence-corrected chi connectivity index (χ4v) is 3.14. The van der Waals surface area contributed by atoms with Gasteiger partial charge in [0.05, 0.1) is 18.8 Å². The Kier molecular flexibility index (Phi) is 7.01. The van der Waals surface area contributed by atoms with Gasteiger partial charge in [-0.2, -0.15) is 0 Å². The molecule has 1 atom stereocenters. The quantitative estimate of drug-likeness (QED) is 0.793. The Bertz CT molecular complexity index is 754. The van der Waals surface area contributed by atoms with Crippen LogP contribution >= 0.6 is 0 Å². The van der Waals surface area contributed by atoms with E-state index in [1.165, 1.54) is 5.56 Å². The number of carbonyl (C=O) groups excluding carboxylic acids is 1. The molecule has 3 rings (SSSR count). The average Bonchev–Trinajstić information content (AvgIpc) is 2.69. The molecule has 28 heavy (non-hydrogen) atoms. The minimum absolute atomic E-state index is 0.0565. The van der Waals surface area contributed by atoms with Crippen molar-refractivity contribution in [2.45, 2.75) is 32.7 Å². The molecule has 0 aliphatic carbocycles. The lowest BCUT2D eigenvalue weighted by atomic mass is 10.0. The van der Waals surface area contributed by atoms with Crippen LogP contribution in [0.4, 0.5) is 0 Å². The van der Waals surface area contributed by atoms with Gasteiger partial charge >= 0.3 is 0 Å². The van der Waals surface area contributed by atoms with Crippen LogP contribution in [-0.4, -0.2) is 54.7 Å². The van der Waals surface area contributed by atoms with E-state index in [1.54, 1.807) is 18.3 Å². The van der Waals surface area contributed by atoms with E-state index in [0.29, 0.717) is 17.4 Å². The van der Waals surface area contributed by atoms with Gasteiger partial charge in [-0.3, -0.25) is 9.69 Å². The second-order valence-electron chi connectivity index (χ2n) is 7.50. The number of aromatic nitrogens is 1. The summed E-state index contributed by atoms with van der Waals surface area (Å²) in [5.74, 6) is 1.56. The highest BCUT2D eigenvalue weighted by atomic mass is 16.5. The van der Waals surface area contributed by atoms with Crippen LogP contribution in [0.3, 0.4) is 0 Å². The normalized spacial score (nSPS) is 16.0. The summed E-state index contributed by atoms with van der Waals surface area (Å²) < 4.78 is 11.1. The van der Waals surface area contributed by atoms with Crippen molar-refractivity contribution < 1.29 is 14.3 Å². The lowest BCUT2D eigenvalue weighted by molar-refractivity contribution is 0.0342. The average molecular weight is 383 g/mol. The highest BCUT2D eigenvalue weighted by molar-refractivity contribution is 5.94. The molecule has 2 heterocycles. The van der Waals surface area contributed by atoms with E-state index in [9.17, 15) is 4.79 Å². The number of pyridine rings is 1. The van der Waals surface area contributed by atoms with Gasteiger partial charge in [-0.25, -0.2) is 4.98 Å². The standard InChI is InChI=1S/C22H29N3O3/c1-16(2)18-4-7-20(8-5-18)28-21-9-6-19(14-23-21)22(26)24-17(3)15-25-10-12-27-13-11-25/h4-9,14,16-17H,10-13,15H2,1-3H3,(H,24,26). The molecule has 1 amide bonds. The molecule has 0 saturated carbocycles. The number of amides is 1. The van der Waals surface area contributed by atoms with Gasteiger partial charge in [-0.15, -0.1) is 0 Å². The highest BCUT2D eigenvalue weighted by Gasteiger charge is 2.16. The Balaban J connectivity index is 1.52. The lowest BCUT2D eigenvalue weighted by Gasteiger charge is -2.29. The first-order valence-electron chi connectivity index (χ1n) is 9.86. The maximum absolute atomic E-state index is 12.4. The summed E-state index contributed by atoms with van der Waals surface area (Å²) in [4.78, 5) is 19.0. The number of morpholine rings is 1. The monoisotopic (exact) mass is 383 g/mol. The number of ether oxygens (including phenoxy) is 2. The SMILES string of the molecule is CC(CN1CCOCC1)NC(=O)c1ccc(Oc2ccc(C(C)C)cc2)nc1. The molecule has 1 aromatic heterocycles. The Morgan fingerprint density at radius 3 is 2.46 bits per heavy atom. The Morgan fingerprint density at radius 1 is 1.14 bits per heavy atom. The zero-order valence-electron chi connectivity index (χ0n) is 16.9. The van der Waals surface area contributed by atoms with E-state index >= 15 is 0 Å². The van der Waals surface area contributed by atoms with E-state index in [2.05, 4.69) is 41.2 Å².